The number of pyridine rings is 1. The summed E-state index contributed by atoms with van der Waals surface area (Å²) in [5, 5.41) is 4.50. The fourth-order valence-electron chi connectivity index (χ4n) is 3.44. The predicted molar refractivity (Wildman–Crippen MR) is 95.8 cm³/mol. The molecular formula is C19H27N3O. The van der Waals surface area contributed by atoms with Crippen LogP contribution >= 0.6 is 0 Å². The van der Waals surface area contributed by atoms with Crippen molar-refractivity contribution in [3.05, 3.63) is 46.2 Å². The maximum Gasteiger partial charge on any atom is 0.252 e. The Morgan fingerprint density at radius 3 is 3.04 bits per heavy atom. The Morgan fingerprint density at radius 2 is 2.17 bits per heavy atom. The van der Waals surface area contributed by atoms with Gasteiger partial charge in [-0.1, -0.05) is 24.6 Å². The highest BCUT2D eigenvalue weighted by Crippen LogP contribution is 2.16. The first-order chi connectivity index (χ1) is 11.2. The van der Waals surface area contributed by atoms with Crippen molar-refractivity contribution in [2.24, 2.45) is 0 Å². The topological polar surface area (TPSA) is 48.1 Å². The molecule has 2 aromatic rings. The first-order valence-corrected chi connectivity index (χ1v) is 8.80. The van der Waals surface area contributed by atoms with Gasteiger partial charge in [-0.15, -0.1) is 0 Å². The number of para-hydroxylation sites is 1. The van der Waals surface area contributed by atoms with E-state index in [2.05, 4.69) is 22.1 Å². The van der Waals surface area contributed by atoms with E-state index in [9.17, 15) is 4.79 Å². The van der Waals surface area contributed by atoms with Gasteiger partial charge in [0, 0.05) is 23.7 Å². The van der Waals surface area contributed by atoms with Crippen molar-refractivity contribution >= 4 is 10.9 Å². The molecule has 4 heteroatoms. The second-order valence-electron chi connectivity index (χ2n) is 6.62. The molecule has 1 aliphatic heterocycles. The highest BCUT2D eigenvalue weighted by atomic mass is 16.1. The third-order valence-corrected chi connectivity index (χ3v) is 4.89. The highest BCUT2D eigenvalue weighted by Gasteiger charge is 2.16. The smallest absolute Gasteiger partial charge is 0.252 e. The Kier molecular flexibility index (Phi) is 5.47. The Morgan fingerprint density at radius 1 is 1.30 bits per heavy atom. The number of rotatable bonds is 6. The van der Waals surface area contributed by atoms with Crippen molar-refractivity contribution in [1.29, 1.82) is 0 Å². The first-order valence-electron chi connectivity index (χ1n) is 8.80. The molecule has 0 radical (unpaired) electrons. The summed E-state index contributed by atoms with van der Waals surface area (Å²) in [7, 11) is 0. The van der Waals surface area contributed by atoms with Gasteiger partial charge in [0.1, 0.15) is 0 Å². The van der Waals surface area contributed by atoms with Crippen LogP contribution in [0.4, 0.5) is 0 Å². The summed E-state index contributed by atoms with van der Waals surface area (Å²) >= 11 is 0. The molecule has 1 saturated heterocycles. The number of piperidine rings is 1. The minimum absolute atomic E-state index is 0.0147. The SMILES string of the molecule is CC1CCCCN1CCCNCc1cc2ccccc2[nH]c1=O. The fourth-order valence-corrected chi connectivity index (χ4v) is 3.44. The monoisotopic (exact) mass is 313 g/mol. The van der Waals surface area contributed by atoms with E-state index in [1.54, 1.807) is 0 Å². The van der Waals surface area contributed by atoms with E-state index in [1.165, 1.54) is 25.8 Å². The molecule has 2 heterocycles. The normalized spacial score (nSPS) is 19.3. The van der Waals surface area contributed by atoms with Gasteiger partial charge >= 0.3 is 0 Å². The van der Waals surface area contributed by atoms with Gasteiger partial charge in [-0.05, 0) is 63.3 Å². The van der Waals surface area contributed by atoms with Gasteiger partial charge in [0.05, 0.1) is 0 Å². The largest absolute Gasteiger partial charge is 0.322 e. The molecule has 1 aromatic carbocycles. The first kappa shape index (κ1) is 16.2. The summed E-state index contributed by atoms with van der Waals surface area (Å²) in [6, 6.07) is 10.6. The Hall–Kier alpha value is -1.65. The molecule has 0 amide bonds. The van der Waals surface area contributed by atoms with Crippen LogP contribution in [-0.4, -0.2) is 35.6 Å². The number of H-pyrrole nitrogens is 1. The molecule has 1 fully saturated rings. The Bertz CT molecular complexity index is 694. The van der Waals surface area contributed by atoms with Crippen LogP contribution in [0, 0.1) is 0 Å². The number of benzene rings is 1. The molecule has 124 valence electrons. The lowest BCUT2D eigenvalue weighted by atomic mass is 10.0. The molecule has 23 heavy (non-hydrogen) atoms. The van der Waals surface area contributed by atoms with Gasteiger partial charge in [0.15, 0.2) is 0 Å². The number of nitrogens with one attached hydrogen (secondary N) is 2. The number of aromatic nitrogens is 1. The number of aromatic amines is 1. The van der Waals surface area contributed by atoms with E-state index >= 15 is 0 Å². The Balaban J connectivity index is 1.47. The van der Waals surface area contributed by atoms with Crippen LogP contribution in [0.2, 0.25) is 0 Å². The third kappa shape index (κ3) is 4.21. The van der Waals surface area contributed by atoms with E-state index < -0.39 is 0 Å². The molecule has 1 unspecified atom stereocenters. The second-order valence-corrected chi connectivity index (χ2v) is 6.62. The zero-order valence-electron chi connectivity index (χ0n) is 14.0. The van der Waals surface area contributed by atoms with E-state index in [0.29, 0.717) is 6.54 Å². The van der Waals surface area contributed by atoms with Gasteiger partial charge < -0.3 is 15.2 Å². The molecule has 0 bridgehead atoms. The van der Waals surface area contributed by atoms with Crippen molar-refractivity contribution in [2.45, 2.75) is 45.2 Å². The summed E-state index contributed by atoms with van der Waals surface area (Å²) < 4.78 is 0. The van der Waals surface area contributed by atoms with Crippen molar-refractivity contribution in [3.8, 4) is 0 Å². The molecule has 1 atom stereocenters. The van der Waals surface area contributed by atoms with Crippen molar-refractivity contribution in [1.82, 2.24) is 15.2 Å². The zero-order valence-corrected chi connectivity index (χ0v) is 14.0. The molecule has 3 rings (SSSR count). The van der Waals surface area contributed by atoms with Gasteiger partial charge in [-0.2, -0.15) is 0 Å². The van der Waals surface area contributed by atoms with Crippen LogP contribution in [0.25, 0.3) is 10.9 Å². The van der Waals surface area contributed by atoms with Crippen LogP contribution in [0.15, 0.2) is 35.1 Å². The second kappa shape index (κ2) is 7.75. The number of nitrogens with zero attached hydrogens (tertiary/aromatic N) is 1. The average molecular weight is 313 g/mol. The number of hydrogen-bond acceptors (Lipinski definition) is 3. The number of likely N-dealkylation sites (tertiary alicyclic amines) is 1. The van der Waals surface area contributed by atoms with Crippen LogP contribution < -0.4 is 10.9 Å². The zero-order chi connectivity index (χ0) is 16.1. The molecule has 0 spiro atoms. The maximum absolute atomic E-state index is 12.1. The summed E-state index contributed by atoms with van der Waals surface area (Å²) in [5.41, 5.74) is 1.73. The average Bonchev–Trinajstić information content (AvgIpc) is 2.56. The minimum atomic E-state index is 0.0147. The maximum atomic E-state index is 12.1. The van der Waals surface area contributed by atoms with E-state index in [4.69, 9.17) is 0 Å². The van der Waals surface area contributed by atoms with Crippen LogP contribution in [-0.2, 0) is 6.54 Å². The molecule has 0 saturated carbocycles. The molecule has 1 aromatic heterocycles. The summed E-state index contributed by atoms with van der Waals surface area (Å²) in [6.07, 6.45) is 5.18. The summed E-state index contributed by atoms with van der Waals surface area (Å²) in [4.78, 5) is 17.6. The lowest BCUT2D eigenvalue weighted by molar-refractivity contribution is 0.159. The van der Waals surface area contributed by atoms with Gasteiger partial charge in [-0.3, -0.25) is 4.79 Å². The fraction of sp³-hybridized carbons (Fsp3) is 0.526. The van der Waals surface area contributed by atoms with E-state index in [0.717, 1.165) is 42.0 Å². The number of fused-ring (bicyclic) bond motifs is 1. The van der Waals surface area contributed by atoms with E-state index in [-0.39, 0.29) is 5.56 Å². The van der Waals surface area contributed by atoms with Crippen LogP contribution in [0.5, 0.6) is 0 Å². The Labute approximate surface area is 137 Å². The minimum Gasteiger partial charge on any atom is -0.322 e. The van der Waals surface area contributed by atoms with Crippen LogP contribution in [0.3, 0.4) is 0 Å². The van der Waals surface area contributed by atoms with E-state index in [1.807, 2.05) is 30.3 Å². The lowest BCUT2D eigenvalue weighted by Crippen LogP contribution is -2.38. The van der Waals surface area contributed by atoms with Crippen molar-refractivity contribution in [2.75, 3.05) is 19.6 Å². The lowest BCUT2D eigenvalue weighted by Gasteiger charge is -2.33. The molecule has 1 aliphatic rings. The summed E-state index contributed by atoms with van der Waals surface area (Å²) in [6.45, 7) is 6.32. The van der Waals surface area contributed by atoms with Gasteiger partial charge in [0.25, 0.3) is 5.56 Å². The van der Waals surface area contributed by atoms with Crippen LogP contribution in [0.1, 0.15) is 38.2 Å². The molecule has 0 aliphatic carbocycles. The predicted octanol–water partition coefficient (Wildman–Crippen LogP) is 2.88. The molecule has 4 nitrogen and oxygen atoms in total. The van der Waals surface area contributed by atoms with Crippen molar-refractivity contribution in [3.63, 3.8) is 0 Å². The summed E-state index contributed by atoms with van der Waals surface area (Å²) in [5.74, 6) is 0. The number of hydrogen-bond donors (Lipinski definition) is 2. The standard InChI is InChI=1S/C19H27N3O/c1-15-7-4-5-11-22(15)12-6-10-20-14-17-13-16-8-2-3-9-18(16)21-19(17)23/h2-3,8-9,13,15,20H,4-7,10-12,14H2,1H3,(H,21,23). The van der Waals surface area contributed by atoms with Crippen molar-refractivity contribution < 1.29 is 0 Å². The quantitative estimate of drug-likeness (QED) is 0.806. The van der Waals surface area contributed by atoms with Gasteiger partial charge in [-0.25, -0.2) is 0 Å². The third-order valence-electron chi connectivity index (χ3n) is 4.89. The van der Waals surface area contributed by atoms with Gasteiger partial charge in [0.2, 0.25) is 0 Å². The highest BCUT2D eigenvalue weighted by molar-refractivity contribution is 5.78. The molecular weight excluding hydrogens is 286 g/mol. The molecule has 2 N–H and O–H groups in total.